The molecular weight excluding hydrogens is 228 g/mol. The van der Waals surface area contributed by atoms with Crippen LogP contribution in [0.1, 0.15) is 12.0 Å². The van der Waals surface area contributed by atoms with Crippen LogP contribution in [0.2, 0.25) is 0 Å². The Morgan fingerprint density at radius 3 is 2.50 bits per heavy atom. The molecule has 1 unspecified atom stereocenters. The van der Waals surface area contributed by atoms with Gasteiger partial charge in [0.1, 0.15) is 6.29 Å². The van der Waals surface area contributed by atoms with E-state index in [0.717, 1.165) is 16.3 Å². The fraction of sp³-hybridized carbons (Fsp3) is 0.200. The summed E-state index contributed by atoms with van der Waals surface area (Å²) in [6, 6.07) is 13.4. The predicted octanol–water partition coefficient (Wildman–Crippen LogP) is 2.47. The average Bonchev–Trinajstić information content (AvgIpc) is 2.44. The molecule has 3 nitrogen and oxygen atoms in total. The normalized spacial score (nSPS) is 14.1. The number of fused-ring (bicyclic) bond motifs is 1. The number of carbonyl (C=O) groups excluding carboxylic acids is 2. The number of methoxy groups -OCH3 is 1. The molecule has 0 saturated carbocycles. The first-order valence-corrected chi connectivity index (χ1v) is 5.71. The molecular formula is C15H14O3. The third kappa shape index (κ3) is 1.93. The van der Waals surface area contributed by atoms with Crippen molar-refractivity contribution in [2.24, 2.45) is 0 Å². The van der Waals surface area contributed by atoms with Gasteiger partial charge < -0.3 is 9.53 Å². The second kappa shape index (κ2) is 5.10. The molecule has 3 heteroatoms. The number of rotatable bonds is 5. The van der Waals surface area contributed by atoms with E-state index in [1.54, 1.807) is 0 Å². The van der Waals surface area contributed by atoms with Gasteiger partial charge in [0.2, 0.25) is 0 Å². The van der Waals surface area contributed by atoms with Gasteiger partial charge >= 0.3 is 0 Å². The lowest BCUT2D eigenvalue weighted by Crippen LogP contribution is -2.31. The van der Waals surface area contributed by atoms with Gasteiger partial charge in [-0.1, -0.05) is 42.5 Å². The molecule has 0 radical (unpaired) electrons. The zero-order valence-corrected chi connectivity index (χ0v) is 10.1. The van der Waals surface area contributed by atoms with E-state index >= 15 is 0 Å². The number of hydrogen-bond donors (Lipinski definition) is 0. The van der Waals surface area contributed by atoms with Crippen molar-refractivity contribution in [3.05, 3.63) is 48.0 Å². The Kier molecular flexibility index (Phi) is 3.53. The summed E-state index contributed by atoms with van der Waals surface area (Å²) in [6.45, 7) is 0. The fourth-order valence-corrected chi connectivity index (χ4v) is 2.18. The second-order valence-corrected chi connectivity index (χ2v) is 4.11. The van der Waals surface area contributed by atoms with E-state index in [9.17, 15) is 9.59 Å². The van der Waals surface area contributed by atoms with Crippen LogP contribution in [0.15, 0.2) is 42.5 Å². The molecule has 92 valence electrons. The molecule has 2 aromatic carbocycles. The molecule has 2 rings (SSSR count). The summed E-state index contributed by atoms with van der Waals surface area (Å²) in [5.41, 5.74) is -0.465. The van der Waals surface area contributed by atoms with Gasteiger partial charge in [-0.05, 0) is 16.3 Å². The first kappa shape index (κ1) is 12.5. The summed E-state index contributed by atoms with van der Waals surface area (Å²) in [6.07, 6.45) is 1.42. The van der Waals surface area contributed by atoms with Crippen molar-refractivity contribution >= 4 is 23.3 Å². The van der Waals surface area contributed by atoms with Gasteiger partial charge in [0, 0.05) is 13.5 Å². The molecule has 0 amide bonds. The van der Waals surface area contributed by atoms with E-state index in [-0.39, 0.29) is 6.42 Å². The molecule has 2 aromatic rings. The first-order valence-electron chi connectivity index (χ1n) is 5.71. The number of hydrogen-bond acceptors (Lipinski definition) is 3. The van der Waals surface area contributed by atoms with E-state index in [4.69, 9.17) is 4.74 Å². The lowest BCUT2D eigenvalue weighted by Gasteiger charge is -2.26. The lowest BCUT2D eigenvalue weighted by molar-refractivity contribution is -0.133. The largest absolute Gasteiger partial charge is 0.366 e. The van der Waals surface area contributed by atoms with Gasteiger partial charge in [0.25, 0.3) is 0 Å². The summed E-state index contributed by atoms with van der Waals surface area (Å²) in [4.78, 5) is 22.2. The molecule has 0 N–H and O–H groups in total. The van der Waals surface area contributed by atoms with Crippen LogP contribution in [0.5, 0.6) is 0 Å². The minimum atomic E-state index is -1.19. The van der Waals surface area contributed by atoms with Gasteiger partial charge in [0.05, 0.1) is 0 Å². The van der Waals surface area contributed by atoms with E-state index in [0.29, 0.717) is 12.6 Å². The number of carbonyl (C=O) groups is 2. The minimum absolute atomic E-state index is 0.0149. The van der Waals surface area contributed by atoms with Crippen LogP contribution in [-0.4, -0.2) is 19.7 Å². The van der Waals surface area contributed by atoms with Crippen LogP contribution in [-0.2, 0) is 19.9 Å². The second-order valence-electron chi connectivity index (χ2n) is 4.11. The zero-order valence-electron chi connectivity index (χ0n) is 10.1. The third-order valence-electron chi connectivity index (χ3n) is 3.19. The monoisotopic (exact) mass is 242 g/mol. The van der Waals surface area contributed by atoms with Gasteiger partial charge in [-0.15, -0.1) is 0 Å². The molecule has 0 aliphatic heterocycles. The van der Waals surface area contributed by atoms with Crippen LogP contribution in [0, 0.1) is 0 Å². The van der Waals surface area contributed by atoms with Gasteiger partial charge in [-0.2, -0.15) is 0 Å². The topological polar surface area (TPSA) is 43.4 Å². The average molecular weight is 242 g/mol. The van der Waals surface area contributed by atoms with Crippen molar-refractivity contribution in [2.45, 2.75) is 12.0 Å². The lowest BCUT2D eigenvalue weighted by atomic mass is 9.88. The molecule has 0 aromatic heterocycles. The maximum atomic E-state index is 11.4. The number of benzene rings is 2. The van der Waals surface area contributed by atoms with Crippen molar-refractivity contribution in [1.82, 2.24) is 0 Å². The first-order chi connectivity index (χ1) is 8.77. The van der Waals surface area contributed by atoms with E-state index in [1.165, 1.54) is 7.11 Å². The third-order valence-corrected chi connectivity index (χ3v) is 3.19. The summed E-state index contributed by atoms with van der Waals surface area (Å²) >= 11 is 0. The summed E-state index contributed by atoms with van der Waals surface area (Å²) in [5.74, 6) is 0. The number of aldehydes is 2. The van der Waals surface area contributed by atoms with Crippen molar-refractivity contribution < 1.29 is 14.3 Å². The highest BCUT2D eigenvalue weighted by atomic mass is 16.5. The molecule has 0 aliphatic rings. The predicted molar refractivity (Wildman–Crippen MR) is 69.4 cm³/mol. The summed E-state index contributed by atoms with van der Waals surface area (Å²) in [7, 11) is 1.44. The smallest absolute Gasteiger partial charge is 0.156 e. The van der Waals surface area contributed by atoms with E-state index in [1.807, 2.05) is 42.5 Å². The van der Waals surface area contributed by atoms with Crippen LogP contribution >= 0.6 is 0 Å². The maximum absolute atomic E-state index is 11.4. The summed E-state index contributed by atoms with van der Waals surface area (Å²) < 4.78 is 5.32. The highest BCUT2D eigenvalue weighted by Crippen LogP contribution is 2.32. The van der Waals surface area contributed by atoms with E-state index < -0.39 is 5.60 Å². The number of ether oxygens (including phenoxy) is 1. The molecule has 0 fully saturated rings. The van der Waals surface area contributed by atoms with Crippen molar-refractivity contribution in [3.8, 4) is 0 Å². The Hall–Kier alpha value is -2.00. The fourth-order valence-electron chi connectivity index (χ4n) is 2.18. The Morgan fingerprint density at radius 1 is 1.11 bits per heavy atom. The minimum Gasteiger partial charge on any atom is -0.366 e. The highest BCUT2D eigenvalue weighted by molar-refractivity contribution is 5.90. The quantitative estimate of drug-likeness (QED) is 0.756. The Morgan fingerprint density at radius 2 is 1.83 bits per heavy atom. The molecule has 0 aliphatic carbocycles. The highest BCUT2D eigenvalue weighted by Gasteiger charge is 2.32. The van der Waals surface area contributed by atoms with Crippen LogP contribution in [0.25, 0.3) is 10.8 Å². The summed E-state index contributed by atoms with van der Waals surface area (Å²) in [5, 5.41) is 1.94. The van der Waals surface area contributed by atoms with Gasteiger partial charge in [0.15, 0.2) is 11.9 Å². The Bertz CT molecular complexity index is 571. The van der Waals surface area contributed by atoms with Crippen LogP contribution in [0.4, 0.5) is 0 Å². The van der Waals surface area contributed by atoms with Gasteiger partial charge in [-0.3, -0.25) is 4.79 Å². The Labute approximate surface area is 105 Å². The molecule has 0 saturated heterocycles. The van der Waals surface area contributed by atoms with Gasteiger partial charge in [-0.25, -0.2) is 0 Å². The molecule has 0 bridgehead atoms. The molecule has 0 spiro atoms. The molecule has 0 heterocycles. The molecule has 18 heavy (non-hydrogen) atoms. The SMILES string of the molecule is COC(C=O)(CC=O)c1cccc2ccccc12. The maximum Gasteiger partial charge on any atom is 0.156 e. The van der Waals surface area contributed by atoms with Crippen molar-refractivity contribution in [1.29, 1.82) is 0 Å². The Balaban J connectivity index is 2.71. The van der Waals surface area contributed by atoms with Crippen LogP contribution < -0.4 is 0 Å². The van der Waals surface area contributed by atoms with Crippen molar-refractivity contribution in [3.63, 3.8) is 0 Å². The molecule has 1 atom stereocenters. The van der Waals surface area contributed by atoms with Crippen molar-refractivity contribution in [2.75, 3.05) is 7.11 Å². The van der Waals surface area contributed by atoms with E-state index in [2.05, 4.69) is 0 Å². The standard InChI is InChI=1S/C15H14O3/c1-18-15(11-17,9-10-16)14-8-4-6-12-5-2-3-7-13(12)14/h2-8,10-11H,9H2,1H3. The van der Waals surface area contributed by atoms with Crippen LogP contribution in [0.3, 0.4) is 0 Å². The zero-order chi connectivity index (χ0) is 13.0.